The van der Waals surface area contributed by atoms with E-state index in [0.717, 1.165) is 16.7 Å². The summed E-state index contributed by atoms with van der Waals surface area (Å²) in [5, 5.41) is 25.4. The molecule has 4 atom stereocenters. The zero-order chi connectivity index (χ0) is 34.7. The highest BCUT2D eigenvalue weighted by Gasteiger charge is 2.47. The van der Waals surface area contributed by atoms with Gasteiger partial charge in [-0.3, -0.25) is 9.36 Å². The van der Waals surface area contributed by atoms with E-state index in [0.29, 0.717) is 28.2 Å². The molecule has 50 heavy (non-hydrogen) atoms. The van der Waals surface area contributed by atoms with Gasteiger partial charge in [0.2, 0.25) is 0 Å². The number of aliphatic hydroxyl groups is 2. The van der Waals surface area contributed by atoms with Gasteiger partial charge in [0.15, 0.2) is 23.2 Å². The molecular formula is C38H35N5O7. The third kappa shape index (κ3) is 6.05. The maximum absolute atomic E-state index is 12.9. The summed E-state index contributed by atoms with van der Waals surface area (Å²) in [6.45, 7) is -0.109. The summed E-state index contributed by atoms with van der Waals surface area (Å²) in [7, 11) is 3.22. The Morgan fingerprint density at radius 2 is 1.36 bits per heavy atom. The molecule has 7 rings (SSSR count). The SMILES string of the molecule is COc1ccc(C(O[13CH2][13C@H]2O[13C@@H](n3cnc4c([15NH]C(=O)c5ccccc5)ncnc43)[13C@H](O)[13C@@H]2O)(c2ccccc2)c2ccc(OC)cc2)cc1. The smallest absolute Gasteiger partial charge is 0.256 e. The number of ether oxygens (including phenoxy) is 4. The number of carbonyl (C=O) groups excluding carboxylic acids is 1. The zero-order valence-corrected chi connectivity index (χ0v) is 27.3. The van der Waals surface area contributed by atoms with Crippen LogP contribution in [0.1, 0.15) is 33.3 Å². The number of hydrogen-bond acceptors (Lipinski definition) is 10. The molecule has 0 radical (unpaired) electrons. The van der Waals surface area contributed by atoms with Crippen LogP contribution < -0.4 is 14.8 Å². The van der Waals surface area contributed by atoms with Gasteiger partial charge in [0, 0.05) is 5.56 Å². The standard InChI is InChI=1S/C38H35N5O7/c1-47-28-17-13-26(14-18-28)38(25-11-7-4-8-12-25,27-15-19-29(48-2)20-16-27)49-21-30-32(44)33(45)37(50-30)43-23-41-31-34(39-22-40-35(31)43)42-36(46)24-9-5-3-6-10-24/h3-20,22-23,30,32-33,37,44-45H,21H2,1-2H3,(H,39,40,42,46)/t30-,32-,33-,37-/m1/s1/i21+1,30+1,32+1,33+1,37+1,42+1. The van der Waals surface area contributed by atoms with Crippen molar-refractivity contribution in [2.45, 2.75) is 30.1 Å². The monoisotopic (exact) mass is 679 g/mol. The fourth-order valence-electron chi connectivity index (χ4n) is 6.28. The first-order valence-corrected chi connectivity index (χ1v) is 16.0. The number of fused-ring (bicyclic) bond motifs is 1. The van der Waals surface area contributed by atoms with Crippen LogP contribution in [0.2, 0.25) is 0 Å². The minimum absolute atomic E-state index is 0.109. The summed E-state index contributed by atoms with van der Waals surface area (Å²) in [6.07, 6.45) is -1.97. The van der Waals surface area contributed by atoms with Gasteiger partial charge in [0.25, 0.3) is 5.91 Å². The van der Waals surface area contributed by atoms with E-state index in [9.17, 15) is 15.0 Å². The van der Waals surface area contributed by atoms with E-state index >= 15 is 0 Å². The average Bonchev–Trinajstić information content (AvgIpc) is 3.73. The molecule has 0 spiro atoms. The van der Waals surface area contributed by atoms with Crippen LogP contribution in [0.3, 0.4) is 0 Å². The minimum Gasteiger partial charge on any atom is -0.497 e. The molecule has 1 aliphatic rings. The van der Waals surface area contributed by atoms with Gasteiger partial charge in [-0.1, -0.05) is 72.8 Å². The van der Waals surface area contributed by atoms with Crippen molar-refractivity contribution in [3.63, 3.8) is 0 Å². The second-order valence-corrected chi connectivity index (χ2v) is 11.7. The number of nitrogens with one attached hydrogen (secondary N) is 1. The van der Waals surface area contributed by atoms with Crippen molar-refractivity contribution in [1.82, 2.24) is 19.5 Å². The highest BCUT2D eigenvalue weighted by Crippen LogP contribution is 2.43. The number of aromatic nitrogens is 4. The Balaban J connectivity index is 1.20. The number of nitrogens with zero attached hydrogens (tertiary/aromatic N) is 4. The first-order valence-electron chi connectivity index (χ1n) is 16.0. The van der Waals surface area contributed by atoms with E-state index in [2.05, 4.69) is 20.3 Å². The molecule has 1 fully saturated rings. The van der Waals surface area contributed by atoms with Crippen LogP contribution in [-0.4, -0.2) is 74.8 Å². The summed E-state index contributed by atoms with van der Waals surface area (Å²) in [5.74, 6) is 1.21. The van der Waals surface area contributed by atoms with Crippen molar-refractivity contribution < 1.29 is 34.0 Å². The van der Waals surface area contributed by atoms with E-state index in [1.807, 2.05) is 84.9 Å². The van der Waals surface area contributed by atoms with E-state index in [-0.39, 0.29) is 18.3 Å². The van der Waals surface area contributed by atoms with E-state index in [4.69, 9.17) is 18.9 Å². The second-order valence-electron chi connectivity index (χ2n) is 11.7. The Morgan fingerprint density at radius 3 is 1.96 bits per heavy atom. The molecule has 0 unspecified atom stereocenters. The fourth-order valence-corrected chi connectivity index (χ4v) is 6.28. The molecule has 2 aromatic heterocycles. The molecule has 6 aromatic rings. The maximum atomic E-state index is 12.9. The second kappa shape index (κ2) is 14.1. The average molecular weight is 680 g/mol. The zero-order valence-electron chi connectivity index (χ0n) is 27.3. The van der Waals surface area contributed by atoms with Gasteiger partial charge in [0.05, 0.1) is 27.2 Å². The Morgan fingerprint density at radius 1 is 0.780 bits per heavy atom. The van der Waals surface area contributed by atoms with Crippen molar-refractivity contribution in [1.29, 1.82) is 0 Å². The number of carbonyl (C=O) groups is 1. The summed E-state index contributed by atoms with van der Waals surface area (Å²) in [4.78, 5) is 25.9. The molecule has 0 saturated carbocycles. The van der Waals surface area contributed by atoms with Gasteiger partial charge in [-0.25, -0.2) is 15.0 Å². The quantitative estimate of drug-likeness (QED) is 0.0997. The lowest BCUT2D eigenvalue weighted by Crippen LogP contribution is -2.39. The predicted octanol–water partition coefficient (Wildman–Crippen LogP) is 4.72. The Bertz CT molecular complexity index is 2010. The predicted molar refractivity (Wildman–Crippen MR) is 184 cm³/mol. The van der Waals surface area contributed by atoms with Crippen LogP contribution in [0, 0.1) is 0 Å². The van der Waals surface area contributed by atoms with Crippen molar-refractivity contribution in [3.8, 4) is 11.5 Å². The number of aliphatic hydroxyl groups excluding tert-OH is 2. The number of hydrogen-bond donors (Lipinski definition) is 3. The molecule has 12 heteroatoms. The van der Waals surface area contributed by atoms with Crippen LogP contribution in [0.15, 0.2) is 122 Å². The van der Waals surface area contributed by atoms with Gasteiger partial charge in [-0.05, 0) is 53.1 Å². The van der Waals surface area contributed by atoms with Crippen LogP contribution in [0.5, 0.6) is 11.5 Å². The van der Waals surface area contributed by atoms with Gasteiger partial charge in [0.1, 0.15) is 41.7 Å². The lowest BCUT2D eigenvalue weighted by atomic mass is 9.80. The van der Waals surface area contributed by atoms with Crippen molar-refractivity contribution in [2.24, 2.45) is 0 Å². The molecular weight excluding hydrogens is 644 g/mol. The molecule has 0 bridgehead atoms. The fraction of sp³-hybridized carbons (Fsp3) is 0.211. The number of methoxy groups -OCH3 is 2. The van der Waals surface area contributed by atoms with Crippen LogP contribution >= 0.6 is 0 Å². The first kappa shape index (κ1) is 32.9. The molecule has 3 N–H and O–H groups in total. The molecule has 1 saturated heterocycles. The Kier molecular flexibility index (Phi) is 9.24. The van der Waals surface area contributed by atoms with E-state index in [1.165, 1.54) is 17.2 Å². The molecule has 254 valence electrons. The summed E-state index contributed by atoms with van der Waals surface area (Å²) < 4.78 is 25.6. The lowest BCUT2D eigenvalue weighted by molar-refractivity contribution is -0.0942. The highest BCUT2D eigenvalue weighted by molar-refractivity contribution is 6.06. The first-order chi connectivity index (χ1) is 24.4. The van der Waals surface area contributed by atoms with Gasteiger partial charge < -0.3 is 34.5 Å². The third-order valence-corrected chi connectivity index (χ3v) is 8.88. The third-order valence-electron chi connectivity index (χ3n) is 8.88. The van der Waals surface area contributed by atoms with Crippen molar-refractivity contribution in [3.05, 3.63) is 144 Å². The van der Waals surface area contributed by atoms with Crippen LogP contribution in [-0.2, 0) is 15.1 Å². The van der Waals surface area contributed by atoms with Gasteiger partial charge >= 0.3 is 0 Å². The number of benzene rings is 4. The van der Waals surface area contributed by atoms with E-state index in [1.54, 1.807) is 38.5 Å². The number of rotatable bonds is 11. The Labute approximate surface area is 287 Å². The van der Waals surface area contributed by atoms with Crippen LogP contribution in [0.4, 0.5) is 5.82 Å². The summed E-state index contributed by atoms with van der Waals surface area (Å²) in [6, 6.07) is 33.7. The number of amides is 1. The lowest BCUT2D eigenvalue weighted by Gasteiger charge is -2.37. The summed E-state index contributed by atoms with van der Waals surface area (Å²) >= 11 is 0. The normalized spacial score (nSPS) is 19.0. The van der Waals surface area contributed by atoms with E-state index < -0.39 is 30.1 Å². The molecule has 1 amide bonds. The number of imidazole rings is 1. The summed E-state index contributed by atoms with van der Waals surface area (Å²) in [5.41, 5.74) is 2.34. The molecule has 0 aliphatic carbocycles. The van der Waals surface area contributed by atoms with Crippen molar-refractivity contribution in [2.75, 3.05) is 26.1 Å². The molecule has 1 aliphatic heterocycles. The maximum Gasteiger partial charge on any atom is 0.256 e. The molecule has 4 aromatic carbocycles. The minimum atomic E-state index is -1.36. The largest absolute Gasteiger partial charge is 0.497 e. The van der Waals surface area contributed by atoms with Gasteiger partial charge in [-0.15, -0.1) is 0 Å². The molecule has 3 heterocycles. The topological polar surface area (TPSA) is 150 Å². The Hall–Kier alpha value is -5.66. The highest BCUT2D eigenvalue weighted by atomic mass is 16.8. The number of anilines is 1. The van der Waals surface area contributed by atoms with Crippen LogP contribution in [0.25, 0.3) is 11.2 Å². The molecule has 12 nitrogen and oxygen atoms in total. The van der Waals surface area contributed by atoms with Gasteiger partial charge in [-0.2, -0.15) is 0 Å². The van der Waals surface area contributed by atoms with Crippen molar-refractivity contribution >= 4 is 22.9 Å².